The second-order valence-electron chi connectivity index (χ2n) is 5.79. The minimum atomic E-state index is -0.879. The maximum Gasteiger partial charge on any atom is 0.335 e. The van der Waals surface area contributed by atoms with Crippen LogP contribution in [0.3, 0.4) is 0 Å². The summed E-state index contributed by atoms with van der Waals surface area (Å²) in [6.07, 6.45) is 3.68. The quantitative estimate of drug-likeness (QED) is 0.703. The summed E-state index contributed by atoms with van der Waals surface area (Å²) in [6, 6.07) is 8.15. The van der Waals surface area contributed by atoms with Crippen molar-refractivity contribution in [3.8, 4) is 0 Å². The van der Waals surface area contributed by atoms with Gasteiger partial charge in [0.15, 0.2) is 0 Å². The Morgan fingerprint density at radius 2 is 1.79 bits per heavy atom. The number of rotatable bonds is 8. The van der Waals surface area contributed by atoms with Crippen LogP contribution >= 0.6 is 0 Å². The van der Waals surface area contributed by atoms with Gasteiger partial charge in [0.2, 0.25) is 0 Å². The molecule has 3 N–H and O–H groups in total. The average Bonchev–Trinajstić information content (AvgIpc) is 2.57. The lowest BCUT2D eigenvalue weighted by Gasteiger charge is -2.33. The van der Waals surface area contributed by atoms with Crippen molar-refractivity contribution in [3.05, 3.63) is 35.9 Å². The monoisotopic (exact) mass is 337 g/mol. The van der Waals surface area contributed by atoms with Gasteiger partial charge in [0.1, 0.15) is 0 Å². The third kappa shape index (κ3) is 6.71. The van der Waals surface area contributed by atoms with Crippen molar-refractivity contribution in [1.82, 2.24) is 0 Å². The zero-order valence-corrected chi connectivity index (χ0v) is 15.2. The molecule has 0 saturated carbocycles. The van der Waals surface area contributed by atoms with Crippen molar-refractivity contribution in [2.75, 3.05) is 6.61 Å². The molecule has 24 heavy (non-hydrogen) atoms. The summed E-state index contributed by atoms with van der Waals surface area (Å²) >= 11 is 0. The van der Waals surface area contributed by atoms with E-state index in [1.807, 2.05) is 20.8 Å². The van der Waals surface area contributed by atoms with E-state index in [1.165, 1.54) is 0 Å². The van der Waals surface area contributed by atoms with Crippen LogP contribution in [0.1, 0.15) is 63.7 Å². The number of esters is 1. The number of nitrogens with two attached hydrogens (primary N) is 1. The summed E-state index contributed by atoms with van der Waals surface area (Å²) in [5.74, 6) is -1.01. The minimum absolute atomic E-state index is 0.129. The number of carboxylic acid groups (broad SMARTS) is 1. The van der Waals surface area contributed by atoms with Crippen LogP contribution in [0, 0.1) is 5.41 Å². The molecule has 1 aromatic carbocycles. The first-order chi connectivity index (χ1) is 11.4. The molecule has 0 aliphatic carbocycles. The van der Waals surface area contributed by atoms with E-state index in [4.69, 9.17) is 15.6 Å². The van der Waals surface area contributed by atoms with Crippen molar-refractivity contribution in [2.45, 2.75) is 59.4 Å². The molecule has 1 rings (SSSR count). The van der Waals surface area contributed by atoms with Crippen molar-refractivity contribution < 1.29 is 19.4 Å². The second-order valence-corrected chi connectivity index (χ2v) is 5.79. The molecule has 0 aliphatic rings. The largest absolute Gasteiger partial charge is 0.478 e. The predicted molar refractivity (Wildman–Crippen MR) is 95.9 cm³/mol. The number of carboxylic acids is 1. The van der Waals surface area contributed by atoms with E-state index in [1.54, 1.807) is 30.3 Å². The van der Waals surface area contributed by atoms with Crippen molar-refractivity contribution in [1.29, 1.82) is 0 Å². The predicted octanol–water partition coefficient (Wildman–Crippen LogP) is 3.87. The molecule has 5 nitrogen and oxygen atoms in total. The number of ether oxygens (including phenoxy) is 1. The van der Waals surface area contributed by atoms with Crippen LogP contribution in [-0.4, -0.2) is 29.7 Å². The normalized spacial score (nSPS) is 13.9. The van der Waals surface area contributed by atoms with E-state index in [-0.39, 0.29) is 12.0 Å². The van der Waals surface area contributed by atoms with Gasteiger partial charge >= 0.3 is 11.9 Å². The molecule has 0 aromatic heterocycles. The van der Waals surface area contributed by atoms with Crippen LogP contribution in [0.25, 0.3) is 0 Å². The SMILES string of the molecule is CCCCC(CC)(C(=O)OCC)C(C)N.O=C(O)c1ccccc1. The molecule has 0 heterocycles. The molecule has 0 spiro atoms. The smallest absolute Gasteiger partial charge is 0.335 e. The molecule has 0 amide bonds. The molecular weight excluding hydrogens is 306 g/mol. The Kier molecular flexibility index (Phi) is 10.7. The highest BCUT2D eigenvalue weighted by Crippen LogP contribution is 2.33. The summed E-state index contributed by atoms with van der Waals surface area (Å²) < 4.78 is 5.14. The fraction of sp³-hybridized carbons (Fsp3) is 0.579. The number of benzene rings is 1. The van der Waals surface area contributed by atoms with Gasteiger partial charge in [-0.05, 0) is 38.8 Å². The molecule has 5 heteroatoms. The molecule has 2 unspecified atom stereocenters. The highest BCUT2D eigenvalue weighted by molar-refractivity contribution is 5.87. The molecule has 0 saturated heterocycles. The van der Waals surface area contributed by atoms with E-state index in [2.05, 4.69) is 6.92 Å². The summed E-state index contributed by atoms with van der Waals surface area (Å²) in [5, 5.41) is 8.38. The van der Waals surface area contributed by atoms with E-state index in [9.17, 15) is 9.59 Å². The Hall–Kier alpha value is -1.88. The van der Waals surface area contributed by atoms with Crippen LogP contribution in [-0.2, 0) is 9.53 Å². The maximum absolute atomic E-state index is 11.9. The van der Waals surface area contributed by atoms with Crippen LogP contribution in [0.2, 0.25) is 0 Å². The summed E-state index contributed by atoms with van der Waals surface area (Å²) in [4.78, 5) is 22.1. The number of hydrogen-bond donors (Lipinski definition) is 2. The molecule has 0 fully saturated rings. The molecule has 0 radical (unpaired) electrons. The molecule has 2 atom stereocenters. The summed E-state index contributed by atoms with van der Waals surface area (Å²) in [6.45, 7) is 8.29. The van der Waals surface area contributed by atoms with Gasteiger partial charge < -0.3 is 15.6 Å². The lowest BCUT2D eigenvalue weighted by Crippen LogP contribution is -2.46. The molecule has 0 aliphatic heterocycles. The summed E-state index contributed by atoms with van der Waals surface area (Å²) in [5.41, 5.74) is 5.80. The van der Waals surface area contributed by atoms with Gasteiger partial charge in [0, 0.05) is 6.04 Å². The fourth-order valence-electron chi connectivity index (χ4n) is 2.51. The Balaban J connectivity index is 0.000000496. The Morgan fingerprint density at radius 1 is 1.21 bits per heavy atom. The van der Waals surface area contributed by atoms with Gasteiger partial charge in [-0.1, -0.05) is 44.9 Å². The lowest BCUT2D eigenvalue weighted by molar-refractivity contribution is -0.157. The van der Waals surface area contributed by atoms with Gasteiger partial charge in [0.05, 0.1) is 17.6 Å². The summed E-state index contributed by atoms with van der Waals surface area (Å²) in [7, 11) is 0. The zero-order valence-electron chi connectivity index (χ0n) is 15.2. The van der Waals surface area contributed by atoms with Gasteiger partial charge in [-0.3, -0.25) is 4.79 Å². The highest BCUT2D eigenvalue weighted by atomic mass is 16.5. The number of unbranched alkanes of at least 4 members (excludes halogenated alkanes) is 1. The zero-order chi connectivity index (χ0) is 18.6. The number of hydrogen-bond acceptors (Lipinski definition) is 4. The fourth-order valence-corrected chi connectivity index (χ4v) is 2.51. The number of carbonyl (C=O) groups excluding carboxylic acids is 1. The van der Waals surface area contributed by atoms with Gasteiger partial charge in [-0.2, -0.15) is 0 Å². The Bertz CT molecular complexity index is 487. The van der Waals surface area contributed by atoms with E-state index >= 15 is 0 Å². The Morgan fingerprint density at radius 3 is 2.12 bits per heavy atom. The van der Waals surface area contributed by atoms with Gasteiger partial charge in [-0.25, -0.2) is 4.79 Å². The molecule has 1 aromatic rings. The van der Waals surface area contributed by atoms with E-state index in [0.29, 0.717) is 12.2 Å². The Labute approximate surface area is 145 Å². The van der Waals surface area contributed by atoms with Gasteiger partial charge in [0.25, 0.3) is 0 Å². The topological polar surface area (TPSA) is 89.6 Å². The van der Waals surface area contributed by atoms with Crippen LogP contribution in [0.4, 0.5) is 0 Å². The lowest BCUT2D eigenvalue weighted by atomic mass is 9.75. The van der Waals surface area contributed by atoms with Gasteiger partial charge in [-0.15, -0.1) is 0 Å². The third-order valence-corrected chi connectivity index (χ3v) is 4.18. The van der Waals surface area contributed by atoms with E-state index < -0.39 is 11.4 Å². The minimum Gasteiger partial charge on any atom is -0.478 e. The van der Waals surface area contributed by atoms with Crippen molar-refractivity contribution >= 4 is 11.9 Å². The number of aromatic carboxylic acids is 1. The molecule has 136 valence electrons. The van der Waals surface area contributed by atoms with E-state index in [0.717, 1.165) is 25.7 Å². The highest BCUT2D eigenvalue weighted by Gasteiger charge is 2.40. The second kappa shape index (κ2) is 11.6. The van der Waals surface area contributed by atoms with Crippen molar-refractivity contribution in [3.63, 3.8) is 0 Å². The number of carbonyl (C=O) groups is 2. The standard InChI is InChI=1S/C12H25NO2.C7H6O2/c1-5-8-9-12(6-2,10(4)13)11(14)15-7-3;8-7(9)6-4-2-1-3-5-6/h10H,5-9,13H2,1-4H3;1-5H,(H,8,9). The van der Waals surface area contributed by atoms with Crippen molar-refractivity contribution in [2.24, 2.45) is 11.1 Å². The third-order valence-electron chi connectivity index (χ3n) is 4.18. The first-order valence-electron chi connectivity index (χ1n) is 8.56. The first kappa shape index (κ1) is 22.1. The molecule has 0 bridgehead atoms. The maximum atomic E-state index is 11.9. The van der Waals surface area contributed by atoms with Crippen LogP contribution in [0.5, 0.6) is 0 Å². The molecular formula is C19H31NO4. The van der Waals surface area contributed by atoms with Crippen LogP contribution in [0.15, 0.2) is 30.3 Å². The first-order valence-corrected chi connectivity index (χ1v) is 8.56. The average molecular weight is 337 g/mol. The van der Waals surface area contributed by atoms with Crippen LogP contribution < -0.4 is 5.73 Å².